The van der Waals surface area contributed by atoms with E-state index in [0.29, 0.717) is 17.4 Å². The number of carbonyl (C=O) groups is 2. The Kier molecular flexibility index (Phi) is 7.76. The van der Waals surface area contributed by atoms with Gasteiger partial charge in [-0.05, 0) is 28.8 Å². The summed E-state index contributed by atoms with van der Waals surface area (Å²) >= 11 is 4.11. The van der Waals surface area contributed by atoms with Crippen LogP contribution in [0, 0.1) is 0 Å². The van der Waals surface area contributed by atoms with Gasteiger partial charge in [0.05, 0.1) is 23.0 Å². The third-order valence-electron chi connectivity index (χ3n) is 4.69. The van der Waals surface area contributed by atoms with Crippen molar-refractivity contribution >= 4 is 54.2 Å². The summed E-state index contributed by atoms with van der Waals surface area (Å²) in [7, 11) is -3.48. The van der Waals surface area contributed by atoms with Crippen molar-refractivity contribution in [1.82, 2.24) is 9.88 Å². The smallest absolute Gasteiger partial charge is 0.376 e. The maximum atomic E-state index is 13.0. The lowest BCUT2D eigenvalue weighted by molar-refractivity contribution is 0.0290. The molecule has 31 heavy (non-hydrogen) atoms. The lowest BCUT2D eigenvalue weighted by Gasteiger charge is -2.19. The number of amides is 2. The maximum Gasteiger partial charge on any atom is 0.376 e. The monoisotopic (exact) mass is 533 g/mol. The number of esters is 1. The molecule has 1 aliphatic rings. The molecule has 1 saturated heterocycles. The van der Waals surface area contributed by atoms with Crippen LogP contribution in [0.2, 0.25) is 0 Å². The number of halogens is 1. The summed E-state index contributed by atoms with van der Waals surface area (Å²) in [6.45, 7) is 4.58. The van der Waals surface area contributed by atoms with Crippen LogP contribution < -0.4 is 4.90 Å². The standard InChI is InChI=1S/C19H24BrN3O6S2/c1-3-5-7-22-11-15(29-17(24)14-9-13(20)12-28-14)23(19(22)25)18-21-10-16(30-18)31(26,27)8-6-4-2/h9-10,12,15H,3-8,11H2,1-2H3. The van der Waals surface area contributed by atoms with Crippen molar-refractivity contribution in [2.75, 3.05) is 23.7 Å². The first kappa shape index (κ1) is 23.7. The highest BCUT2D eigenvalue weighted by molar-refractivity contribution is 9.10. The van der Waals surface area contributed by atoms with E-state index in [4.69, 9.17) is 9.15 Å². The number of hydrogen-bond donors (Lipinski definition) is 0. The van der Waals surface area contributed by atoms with Gasteiger partial charge in [0.2, 0.25) is 12.0 Å². The topological polar surface area (TPSA) is 110 Å². The van der Waals surface area contributed by atoms with E-state index in [2.05, 4.69) is 20.9 Å². The first-order valence-electron chi connectivity index (χ1n) is 9.98. The average molecular weight is 534 g/mol. The van der Waals surface area contributed by atoms with E-state index in [1.807, 2.05) is 13.8 Å². The molecule has 1 unspecified atom stereocenters. The molecule has 0 aromatic carbocycles. The summed E-state index contributed by atoms with van der Waals surface area (Å²) in [6.07, 6.45) is 4.65. The van der Waals surface area contributed by atoms with Crippen LogP contribution in [0.15, 0.2) is 31.6 Å². The largest absolute Gasteiger partial charge is 0.456 e. The number of furan rings is 1. The van der Waals surface area contributed by atoms with Crippen LogP contribution in [0.25, 0.3) is 0 Å². The first-order valence-corrected chi connectivity index (χ1v) is 13.2. The van der Waals surface area contributed by atoms with Gasteiger partial charge in [-0.2, -0.15) is 0 Å². The summed E-state index contributed by atoms with van der Waals surface area (Å²) in [5.74, 6) is -0.709. The molecule has 0 spiro atoms. The number of unbranched alkanes of at least 4 members (excludes halogenated alkanes) is 2. The van der Waals surface area contributed by atoms with E-state index in [1.165, 1.54) is 23.4 Å². The summed E-state index contributed by atoms with van der Waals surface area (Å²) in [4.78, 5) is 32.5. The first-order chi connectivity index (χ1) is 14.8. The van der Waals surface area contributed by atoms with E-state index in [0.717, 1.165) is 30.6 Å². The van der Waals surface area contributed by atoms with Crippen LogP contribution in [0.3, 0.4) is 0 Å². The van der Waals surface area contributed by atoms with Crippen molar-refractivity contribution in [1.29, 1.82) is 0 Å². The zero-order chi connectivity index (χ0) is 22.6. The van der Waals surface area contributed by atoms with E-state index >= 15 is 0 Å². The maximum absolute atomic E-state index is 13.0. The van der Waals surface area contributed by atoms with Crippen LogP contribution in [0.4, 0.5) is 9.93 Å². The van der Waals surface area contributed by atoms with Crippen molar-refractivity contribution < 1.29 is 27.2 Å². The number of thiazole rings is 1. The molecule has 1 aliphatic heterocycles. The van der Waals surface area contributed by atoms with Crippen molar-refractivity contribution in [3.05, 3.63) is 28.8 Å². The van der Waals surface area contributed by atoms with Crippen molar-refractivity contribution in [2.24, 2.45) is 0 Å². The van der Waals surface area contributed by atoms with Gasteiger partial charge >= 0.3 is 12.0 Å². The fourth-order valence-electron chi connectivity index (χ4n) is 3.00. The number of sulfone groups is 1. The Morgan fingerprint density at radius 1 is 1.35 bits per heavy atom. The van der Waals surface area contributed by atoms with Gasteiger partial charge < -0.3 is 14.1 Å². The van der Waals surface area contributed by atoms with Crippen molar-refractivity contribution in [3.8, 4) is 0 Å². The number of nitrogens with zero attached hydrogens (tertiary/aromatic N) is 3. The lowest BCUT2D eigenvalue weighted by atomic mass is 10.3. The molecule has 170 valence electrons. The minimum absolute atomic E-state index is 0.00625. The molecule has 1 fully saturated rings. The molecule has 0 saturated carbocycles. The fourth-order valence-corrected chi connectivity index (χ4v) is 6.05. The van der Waals surface area contributed by atoms with E-state index in [9.17, 15) is 18.0 Å². The Morgan fingerprint density at radius 2 is 2.10 bits per heavy atom. The summed E-state index contributed by atoms with van der Waals surface area (Å²) in [5, 5.41) is 0.178. The molecule has 2 amide bonds. The number of ether oxygens (including phenoxy) is 1. The Morgan fingerprint density at radius 3 is 2.74 bits per heavy atom. The SMILES string of the molecule is CCCCN1CC(OC(=O)c2cc(Br)co2)N(c2ncc(S(=O)(=O)CCCC)s2)C1=O. The number of carbonyl (C=O) groups excluding carboxylic acids is 2. The van der Waals surface area contributed by atoms with Gasteiger partial charge in [-0.1, -0.05) is 38.0 Å². The second-order valence-corrected chi connectivity index (χ2v) is 11.3. The minimum Gasteiger partial charge on any atom is -0.456 e. The van der Waals surface area contributed by atoms with Gasteiger partial charge in [0.1, 0.15) is 10.5 Å². The molecule has 0 aliphatic carbocycles. The fraction of sp³-hybridized carbons (Fsp3) is 0.526. The molecule has 2 aromatic heterocycles. The second kappa shape index (κ2) is 10.1. The second-order valence-electron chi connectivity index (χ2n) is 7.08. The summed E-state index contributed by atoms with van der Waals surface area (Å²) < 4.78 is 36.4. The highest BCUT2D eigenvalue weighted by atomic mass is 79.9. The molecule has 0 radical (unpaired) electrons. The molecule has 3 rings (SSSR count). The average Bonchev–Trinajstić information content (AvgIpc) is 3.44. The summed E-state index contributed by atoms with van der Waals surface area (Å²) in [5.41, 5.74) is 0. The summed E-state index contributed by atoms with van der Waals surface area (Å²) in [6, 6.07) is 1.10. The minimum atomic E-state index is -3.48. The van der Waals surface area contributed by atoms with E-state index in [1.54, 1.807) is 4.90 Å². The Balaban J connectivity index is 1.85. The highest BCUT2D eigenvalue weighted by Crippen LogP contribution is 2.33. The van der Waals surface area contributed by atoms with E-state index in [-0.39, 0.29) is 33.4 Å². The van der Waals surface area contributed by atoms with Gasteiger partial charge in [0.15, 0.2) is 15.0 Å². The Labute approximate surface area is 193 Å². The number of urea groups is 1. The number of rotatable bonds is 10. The molecule has 0 N–H and O–H groups in total. The predicted octanol–water partition coefficient (Wildman–Crippen LogP) is 4.30. The van der Waals surface area contributed by atoms with Crippen LogP contribution in [0.1, 0.15) is 50.1 Å². The predicted molar refractivity (Wildman–Crippen MR) is 119 cm³/mol. The molecule has 12 heteroatoms. The molecule has 1 atom stereocenters. The Bertz CT molecular complexity index is 1040. The van der Waals surface area contributed by atoms with Gasteiger partial charge in [0.25, 0.3) is 0 Å². The highest BCUT2D eigenvalue weighted by Gasteiger charge is 2.42. The lowest BCUT2D eigenvalue weighted by Crippen LogP contribution is -2.37. The van der Waals surface area contributed by atoms with Crippen molar-refractivity contribution in [3.63, 3.8) is 0 Å². The van der Waals surface area contributed by atoms with Crippen LogP contribution >= 0.6 is 27.3 Å². The quantitative estimate of drug-likeness (QED) is 0.418. The number of anilines is 1. The normalized spacial score (nSPS) is 16.9. The molecule has 9 nitrogen and oxygen atoms in total. The zero-order valence-corrected chi connectivity index (χ0v) is 20.5. The molecule has 3 heterocycles. The van der Waals surface area contributed by atoms with Gasteiger partial charge in [-0.15, -0.1) is 0 Å². The van der Waals surface area contributed by atoms with Crippen LogP contribution in [-0.2, 0) is 14.6 Å². The molecule has 0 bridgehead atoms. The van der Waals surface area contributed by atoms with Gasteiger partial charge in [-0.3, -0.25) is 0 Å². The molecular weight excluding hydrogens is 510 g/mol. The Hall–Kier alpha value is -1.92. The third-order valence-corrected chi connectivity index (χ3v) is 8.45. The zero-order valence-electron chi connectivity index (χ0n) is 17.2. The van der Waals surface area contributed by atoms with Crippen LogP contribution in [-0.4, -0.2) is 55.4 Å². The van der Waals surface area contributed by atoms with Crippen molar-refractivity contribution in [2.45, 2.75) is 50.0 Å². The van der Waals surface area contributed by atoms with Gasteiger partial charge in [-0.25, -0.2) is 27.9 Å². The van der Waals surface area contributed by atoms with E-state index < -0.39 is 22.0 Å². The van der Waals surface area contributed by atoms with Crippen LogP contribution in [0.5, 0.6) is 0 Å². The van der Waals surface area contributed by atoms with Gasteiger partial charge in [0, 0.05) is 12.6 Å². The number of aromatic nitrogens is 1. The molecular formula is C19H24BrN3O6S2. The third kappa shape index (κ3) is 5.47. The molecule has 2 aromatic rings. The number of hydrogen-bond acceptors (Lipinski definition) is 8.